The highest BCUT2D eigenvalue weighted by Gasteiger charge is 2.48. The Hall–Kier alpha value is -7.79. The maximum absolute atomic E-state index is 6.59. The van der Waals surface area contributed by atoms with Crippen molar-refractivity contribution in [1.29, 1.82) is 0 Å². The second-order valence-electron chi connectivity index (χ2n) is 16.8. The van der Waals surface area contributed by atoms with Crippen molar-refractivity contribution in [3.8, 4) is 16.8 Å². The van der Waals surface area contributed by atoms with E-state index in [1.54, 1.807) is 0 Å². The minimum absolute atomic E-state index is 0.582. The molecule has 4 heteroatoms. The van der Waals surface area contributed by atoms with Crippen LogP contribution < -0.4 is 4.90 Å². The van der Waals surface area contributed by atoms with Crippen LogP contribution in [-0.4, -0.2) is 4.57 Å². The molecule has 0 radical (unpaired) electrons. The van der Waals surface area contributed by atoms with Crippen LogP contribution in [0.5, 0.6) is 0 Å². The van der Waals surface area contributed by atoms with Gasteiger partial charge in [-0.1, -0.05) is 157 Å². The fourth-order valence-corrected chi connectivity index (χ4v) is 12.3. The van der Waals surface area contributed by atoms with Gasteiger partial charge in [-0.2, -0.15) is 0 Å². The molecule has 294 valence electrons. The molecule has 2 aromatic heterocycles. The van der Waals surface area contributed by atoms with E-state index in [9.17, 15) is 0 Å². The molecular formula is C59H36N2OS. The van der Waals surface area contributed by atoms with Crippen molar-refractivity contribution in [3.05, 3.63) is 241 Å². The second kappa shape index (κ2) is 13.1. The van der Waals surface area contributed by atoms with E-state index in [0.717, 1.165) is 50.2 Å². The molecule has 0 amide bonds. The first-order chi connectivity index (χ1) is 31.3. The Morgan fingerprint density at radius 3 is 1.98 bits per heavy atom. The second-order valence-corrected chi connectivity index (χ2v) is 17.8. The molecule has 0 N–H and O–H groups in total. The Labute approximate surface area is 368 Å². The number of anilines is 3. The van der Waals surface area contributed by atoms with Crippen LogP contribution in [0.2, 0.25) is 0 Å². The van der Waals surface area contributed by atoms with Gasteiger partial charge in [0.1, 0.15) is 11.2 Å². The summed E-state index contributed by atoms with van der Waals surface area (Å²) in [5.41, 5.74) is 15.6. The Kier molecular flexibility index (Phi) is 7.26. The van der Waals surface area contributed by atoms with Crippen molar-refractivity contribution in [2.45, 2.75) is 15.2 Å². The summed E-state index contributed by atoms with van der Waals surface area (Å²) < 4.78 is 9.00. The summed E-state index contributed by atoms with van der Waals surface area (Å²) in [6.45, 7) is 0. The van der Waals surface area contributed by atoms with Gasteiger partial charge in [-0.25, -0.2) is 0 Å². The van der Waals surface area contributed by atoms with Gasteiger partial charge >= 0.3 is 0 Å². The van der Waals surface area contributed by atoms with E-state index in [4.69, 9.17) is 4.42 Å². The number of benzene rings is 10. The number of hydrogen-bond donors (Lipinski definition) is 0. The third kappa shape index (κ3) is 4.76. The van der Waals surface area contributed by atoms with Gasteiger partial charge in [-0.05, 0) is 117 Å². The summed E-state index contributed by atoms with van der Waals surface area (Å²) in [5, 5.41) is 7.21. The Balaban J connectivity index is 1.10. The number of para-hydroxylation sites is 3. The van der Waals surface area contributed by atoms with Crippen LogP contribution in [0.15, 0.2) is 233 Å². The van der Waals surface area contributed by atoms with Crippen LogP contribution in [0.25, 0.3) is 71.3 Å². The van der Waals surface area contributed by atoms with Crippen LogP contribution in [-0.2, 0) is 5.41 Å². The molecule has 1 aliphatic heterocycles. The maximum atomic E-state index is 6.59. The molecule has 14 rings (SSSR count). The fourth-order valence-electron chi connectivity index (χ4n) is 11.1. The number of rotatable bonds is 4. The molecule has 0 saturated heterocycles. The molecule has 3 nitrogen and oxygen atoms in total. The van der Waals surface area contributed by atoms with E-state index in [0.29, 0.717) is 0 Å². The first-order valence-electron chi connectivity index (χ1n) is 21.6. The van der Waals surface area contributed by atoms with Gasteiger partial charge in [0, 0.05) is 43.0 Å². The molecular weight excluding hydrogens is 785 g/mol. The minimum Gasteiger partial charge on any atom is -0.456 e. The van der Waals surface area contributed by atoms with E-state index in [1.807, 2.05) is 11.8 Å². The molecule has 1 aliphatic carbocycles. The standard InChI is InChI=1S/C59H36N2OS/c1-2-17-38(18-3-1)61-50-26-9-5-20-42(50)43-33-31-40(36-52(43)61)60(51-27-14-29-54-58(51)45-21-6-10-28-53(45)62-54)39-32-34-56-49(35-39)59(47-24-8-11-30-55(47)63-56)46-23-7-4-19-41(46)44-22-12-15-37-16-13-25-48(59)57(37)44/h1-36H. The zero-order valence-electron chi connectivity index (χ0n) is 34.0. The fraction of sp³-hybridized carbons (Fsp3) is 0.0169. The smallest absolute Gasteiger partial charge is 0.137 e. The first kappa shape index (κ1) is 34.9. The predicted molar refractivity (Wildman–Crippen MR) is 262 cm³/mol. The van der Waals surface area contributed by atoms with E-state index in [1.165, 1.54) is 70.2 Å². The van der Waals surface area contributed by atoms with Gasteiger partial charge in [0.05, 0.1) is 27.5 Å². The van der Waals surface area contributed by atoms with Crippen molar-refractivity contribution in [1.82, 2.24) is 4.57 Å². The largest absolute Gasteiger partial charge is 0.456 e. The lowest BCUT2D eigenvalue weighted by Gasteiger charge is -2.46. The predicted octanol–water partition coefficient (Wildman–Crippen LogP) is 16.1. The van der Waals surface area contributed by atoms with Gasteiger partial charge in [-0.15, -0.1) is 0 Å². The zero-order valence-corrected chi connectivity index (χ0v) is 34.8. The summed E-state index contributed by atoms with van der Waals surface area (Å²) in [6, 6.07) is 80.5. The van der Waals surface area contributed by atoms with E-state index >= 15 is 0 Å². The van der Waals surface area contributed by atoms with Gasteiger partial charge in [-0.3, -0.25) is 0 Å². The Morgan fingerprint density at radius 1 is 0.413 bits per heavy atom. The number of nitrogens with zero attached hydrogens (tertiary/aromatic N) is 2. The first-order valence-corrected chi connectivity index (χ1v) is 22.4. The van der Waals surface area contributed by atoms with Gasteiger partial charge < -0.3 is 13.9 Å². The Morgan fingerprint density at radius 2 is 1.06 bits per heavy atom. The lowest BCUT2D eigenvalue weighted by Crippen LogP contribution is -2.36. The van der Waals surface area contributed by atoms with E-state index in [2.05, 4.69) is 228 Å². The molecule has 0 fully saturated rings. The van der Waals surface area contributed by atoms with Crippen molar-refractivity contribution in [2.24, 2.45) is 0 Å². The third-order valence-corrected chi connectivity index (χ3v) is 14.8. The van der Waals surface area contributed by atoms with E-state index < -0.39 is 5.41 Å². The Bertz CT molecular complexity index is 3860. The highest BCUT2D eigenvalue weighted by molar-refractivity contribution is 7.99. The highest BCUT2D eigenvalue weighted by Crippen LogP contribution is 2.62. The molecule has 63 heavy (non-hydrogen) atoms. The SMILES string of the molecule is c1ccc(-n2c3ccccc3c3ccc(N(c4ccc5c(c4)C4(c6ccccc6S5)c5ccccc5-c5cccc6cccc4c56)c4cccc5oc6ccccc6c45)cc32)cc1. The lowest BCUT2D eigenvalue weighted by atomic mass is 9.59. The minimum atomic E-state index is -0.582. The topological polar surface area (TPSA) is 21.3 Å². The lowest BCUT2D eigenvalue weighted by molar-refractivity contribution is 0.669. The summed E-state index contributed by atoms with van der Waals surface area (Å²) in [6.07, 6.45) is 0. The number of furan rings is 1. The molecule has 0 bridgehead atoms. The van der Waals surface area contributed by atoms with Crippen molar-refractivity contribution in [2.75, 3.05) is 4.90 Å². The highest BCUT2D eigenvalue weighted by atomic mass is 32.2. The summed E-state index contributed by atoms with van der Waals surface area (Å²) >= 11 is 1.88. The molecule has 1 atom stereocenters. The van der Waals surface area contributed by atoms with Crippen LogP contribution in [0.4, 0.5) is 17.1 Å². The van der Waals surface area contributed by atoms with Crippen LogP contribution in [0, 0.1) is 0 Å². The van der Waals surface area contributed by atoms with Gasteiger partial charge in [0.25, 0.3) is 0 Å². The van der Waals surface area contributed by atoms with E-state index in [-0.39, 0.29) is 0 Å². The number of hydrogen-bond acceptors (Lipinski definition) is 3. The van der Waals surface area contributed by atoms with Crippen LogP contribution in [0.1, 0.15) is 22.3 Å². The number of aromatic nitrogens is 1. The van der Waals surface area contributed by atoms with Crippen molar-refractivity contribution >= 4 is 83.3 Å². The molecule has 1 unspecified atom stereocenters. The molecule has 1 spiro atoms. The summed E-state index contributed by atoms with van der Waals surface area (Å²) in [4.78, 5) is 5.02. The monoisotopic (exact) mass is 820 g/mol. The summed E-state index contributed by atoms with van der Waals surface area (Å²) in [7, 11) is 0. The van der Waals surface area contributed by atoms with Gasteiger partial charge in [0.15, 0.2) is 0 Å². The van der Waals surface area contributed by atoms with Crippen molar-refractivity contribution in [3.63, 3.8) is 0 Å². The quantitative estimate of drug-likeness (QED) is 0.176. The average molecular weight is 821 g/mol. The molecule has 2 aliphatic rings. The molecule has 10 aromatic carbocycles. The van der Waals surface area contributed by atoms with Crippen LogP contribution in [0.3, 0.4) is 0 Å². The molecule has 0 saturated carbocycles. The number of fused-ring (bicyclic) bond motifs is 14. The molecule has 3 heterocycles. The zero-order chi connectivity index (χ0) is 41.2. The normalized spacial score (nSPS) is 15.0. The maximum Gasteiger partial charge on any atom is 0.137 e. The summed E-state index contributed by atoms with van der Waals surface area (Å²) in [5.74, 6) is 0. The molecule has 12 aromatic rings. The van der Waals surface area contributed by atoms with Crippen molar-refractivity contribution < 1.29 is 4.42 Å². The van der Waals surface area contributed by atoms with Gasteiger partial charge in [0.2, 0.25) is 0 Å². The van der Waals surface area contributed by atoms with Crippen LogP contribution >= 0.6 is 11.8 Å². The average Bonchev–Trinajstić information content (AvgIpc) is 3.89. The third-order valence-electron chi connectivity index (χ3n) is 13.6.